The molecule has 1 N–H and O–H groups in total. The van der Waals surface area contributed by atoms with Crippen molar-refractivity contribution in [1.29, 1.82) is 0 Å². The predicted molar refractivity (Wildman–Crippen MR) is 136 cm³/mol. The Morgan fingerprint density at radius 2 is 1.74 bits per heavy atom. The average molecular weight is 487 g/mol. The van der Waals surface area contributed by atoms with Crippen molar-refractivity contribution in [2.24, 2.45) is 5.92 Å². The Balaban J connectivity index is 0.000000334. The van der Waals surface area contributed by atoms with Crippen LogP contribution in [-0.4, -0.2) is 61.1 Å². The van der Waals surface area contributed by atoms with Crippen molar-refractivity contribution in [1.82, 2.24) is 9.80 Å². The highest BCUT2D eigenvalue weighted by Gasteiger charge is 2.45. The molecule has 2 aromatic carbocycles. The third kappa shape index (κ3) is 8.06. The average Bonchev–Trinajstić information content (AvgIpc) is 3.22. The monoisotopic (exact) mass is 486 g/mol. The summed E-state index contributed by atoms with van der Waals surface area (Å²) in [6.45, 7) is 6.71. The van der Waals surface area contributed by atoms with E-state index in [-0.39, 0.29) is 17.8 Å². The van der Waals surface area contributed by atoms with Crippen LogP contribution in [0.4, 0.5) is 4.39 Å². The zero-order chi connectivity index (χ0) is 25.8. The third-order valence-electron chi connectivity index (χ3n) is 6.50. The molecule has 6 nitrogen and oxygen atoms in total. The molecule has 0 radical (unpaired) electrons. The molecule has 1 amide bonds. The minimum atomic E-state index is -0.866. The zero-order valence-corrected chi connectivity index (χ0v) is 21.3. The zero-order valence-electron chi connectivity index (χ0n) is 21.3. The molecule has 35 heavy (non-hydrogen) atoms. The van der Waals surface area contributed by atoms with Crippen molar-refractivity contribution < 1.29 is 23.8 Å². The van der Waals surface area contributed by atoms with Gasteiger partial charge >= 0.3 is 5.97 Å². The summed E-state index contributed by atoms with van der Waals surface area (Å²) in [4.78, 5) is 26.3. The Labute approximate surface area is 208 Å². The van der Waals surface area contributed by atoms with Crippen molar-refractivity contribution in [3.63, 3.8) is 0 Å². The van der Waals surface area contributed by atoms with E-state index < -0.39 is 11.9 Å². The number of carboxylic acids is 1. The standard InChI is InChI=1S/C19H20FNO3.C9H19NO/c1-21-11-16(13-4-3-5-14(20)10-13)17(19(22)23)18(21)12-6-8-15(24-2)9-7-12;1-3-5-7-10(9-11)8-6-4-2/h3-10,16-18H,11H2,1-2H3,(H,22,23);9H,3-8H2,1-2H3. The van der Waals surface area contributed by atoms with Gasteiger partial charge in [0.05, 0.1) is 13.0 Å². The smallest absolute Gasteiger partial charge is 0.309 e. The highest BCUT2D eigenvalue weighted by atomic mass is 19.1. The lowest BCUT2D eigenvalue weighted by molar-refractivity contribution is -0.143. The molecule has 2 aromatic rings. The summed E-state index contributed by atoms with van der Waals surface area (Å²) in [6.07, 6.45) is 5.54. The fraction of sp³-hybridized carbons (Fsp3) is 0.500. The number of amides is 1. The second-order valence-corrected chi connectivity index (χ2v) is 9.03. The van der Waals surface area contributed by atoms with Crippen molar-refractivity contribution in [2.75, 3.05) is 33.8 Å². The third-order valence-corrected chi connectivity index (χ3v) is 6.50. The van der Waals surface area contributed by atoms with Crippen LogP contribution in [0.2, 0.25) is 0 Å². The van der Waals surface area contributed by atoms with Crippen LogP contribution in [0.3, 0.4) is 0 Å². The van der Waals surface area contributed by atoms with Crippen molar-refractivity contribution in [2.45, 2.75) is 51.5 Å². The Bertz CT molecular complexity index is 913. The van der Waals surface area contributed by atoms with E-state index in [1.807, 2.05) is 41.1 Å². The van der Waals surface area contributed by atoms with E-state index in [0.29, 0.717) is 6.54 Å². The van der Waals surface area contributed by atoms with Gasteiger partial charge in [-0.25, -0.2) is 4.39 Å². The fourth-order valence-electron chi connectivity index (χ4n) is 4.59. The highest BCUT2D eigenvalue weighted by Crippen LogP contribution is 2.45. The maximum absolute atomic E-state index is 13.6. The summed E-state index contributed by atoms with van der Waals surface area (Å²) in [5.41, 5.74) is 1.65. The lowest BCUT2D eigenvalue weighted by Crippen LogP contribution is -2.26. The minimum absolute atomic E-state index is 0.254. The van der Waals surface area contributed by atoms with Gasteiger partial charge in [-0.3, -0.25) is 14.5 Å². The number of unbranched alkanes of at least 4 members (excludes halogenated alkanes) is 2. The number of benzene rings is 2. The molecule has 1 aliphatic rings. The lowest BCUT2D eigenvalue weighted by Gasteiger charge is -2.24. The van der Waals surface area contributed by atoms with Crippen LogP contribution in [0.25, 0.3) is 0 Å². The first-order valence-electron chi connectivity index (χ1n) is 12.4. The van der Waals surface area contributed by atoms with Crippen LogP contribution >= 0.6 is 0 Å². The summed E-state index contributed by atoms with van der Waals surface area (Å²) in [5, 5.41) is 9.82. The first kappa shape index (κ1) is 28.3. The molecule has 1 fully saturated rings. The van der Waals surface area contributed by atoms with E-state index in [4.69, 9.17) is 4.74 Å². The minimum Gasteiger partial charge on any atom is -0.497 e. The lowest BCUT2D eigenvalue weighted by atomic mass is 9.83. The number of hydrogen-bond donors (Lipinski definition) is 1. The largest absolute Gasteiger partial charge is 0.497 e. The number of carbonyl (C=O) groups is 2. The van der Waals surface area contributed by atoms with Gasteiger partial charge in [-0.1, -0.05) is 51.0 Å². The van der Waals surface area contributed by atoms with E-state index in [1.54, 1.807) is 19.2 Å². The molecule has 3 unspecified atom stereocenters. The number of likely N-dealkylation sites (N-methyl/N-ethyl adjacent to an activating group) is 1. The summed E-state index contributed by atoms with van der Waals surface area (Å²) in [5.74, 6) is -1.37. The molecule has 1 saturated heterocycles. The Hall–Kier alpha value is -2.93. The molecule has 3 atom stereocenters. The topological polar surface area (TPSA) is 70.1 Å². The summed E-state index contributed by atoms with van der Waals surface area (Å²) in [6, 6.07) is 13.4. The number of carbonyl (C=O) groups excluding carboxylic acids is 1. The first-order chi connectivity index (χ1) is 16.9. The van der Waals surface area contributed by atoms with E-state index >= 15 is 0 Å². The molecule has 192 valence electrons. The van der Waals surface area contributed by atoms with Crippen LogP contribution in [0.5, 0.6) is 5.75 Å². The van der Waals surface area contributed by atoms with Crippen LogP contribution in [-0.2, 0) is 9.59 Å². The van der Waals surface area contributed by atoms with Gasteiger partial charge in [0.2, 0.25) is 6.41 Å². The molecule has 0 saturated carbocycles. The van der Waals surface area contributed by atoms with Gasteiger partial charge in [0.1, 0.15) is 11.6 Å². The number of methoxy groups -OCH3 is 1. The van der Waals surface area contributed by atoms with Gasteiger partial charge in [0.25, 0.3) is 0 Å². The number of aliphatic carboxylic acids is 1. The van der Waals surface area contributed by atoms with Crippen LogP contribution < -0.4 is 4.74 Å². The summed E-state index contributed by atoms with van der Waals surface area (Å²) < 4.78 is 18.7. The Morgan fingerprint density at radius 1 is 1.11 bits per heavy atom. The number of rotatable bonds is 11. The first-order valence-corrected chi connectivity index (χ1v) is 12.4. The van der Waals surface area contributed by atoms with Gasteiger partial charge in [0, 0.05) is 31.6 Å². The Morgan fingerprint density at radius 3 is 2.23 bits per heavy atom. The SMILES string of the molecule is CCCCN(C=O)CCCC.COc1ccc(C2C(C(=O)O)C(c3cccc(F)c3)CN2C)cc1. The maximum atomic E-state index is 13.6. The van der Waals surface area contributed by atoms with Gasteiger partial charge in [-0.05, 0) is 55.3 Å². The molecule has 0 aliphatic carbocycles. The molecular weight excluding hydrogens is 447 g/mol. The number of hydrogen-bond acceptors (Lipinski definition) is 4. The molecule has 3 rings (SSSR count). The normalized spacial score (nSPS) is 19.5. The molecule has 1 aliphatic heterocycles. The van der Waals surface area contributed by atoms with Crippen molar-refractivity contribution in [3.8, 4) is 5.75 Å². The van der Waals surface area contributed by atoms with Gasteiger partial charge < -0.3 is 14.7 Å². The van der Waals surface area contributed by atoms with E-state index in [1.165, 1.54) is 12.1 Å². The quantitative estimate of drug-likeness (QED) is 0.434. The van der Waals surface area contributed by atoms with Crippen LogP contribution in [0.15, 0.2) is 48.5 Å². The fourth-order valence-corrected chi connectivity index (χ4v) is 4.59. The van der Waals surface area contributed by atoms with Gasteiger partial charge in [-0.2, -0.15) is 0 Å². The number of likely N-dealkylation sites (tertiary alicyclic amines) is 1. The van der Waals surface area contributed by atoms with E-state index in [9.17, 15) is 19.1 Å². The van der Waals surface area contributed by atoms with Crippen molar-refractivity contribution >= 4 is 12.4 Å². The number of carboxylic acid groups (broad SMARTS) is 1. The Kier molecular flexibility index (Phi) is 11.7. The van der Waals surface area contributed by atoms with Gasteiger partial charge in [-0.15, -0.1) is 0 Å². The van der Waals surface area contributed by atoms with E-state index in [2.05, 4.69) is 13.8 Å². The second kappa shape index (κ2) is 14.5. The van der Waals surface area contributed by atoms with Crippen LogP contribution in [0.1, 0.15) is 62.6 Å². The predicted octanol–water partition coefficient (Wildman–Crippen LogP) is 5.35. The second-order valence-electron chi connectivity index (χ2n) is 9.03. The molecule has 0 bridgehead atoms. The van der Waals surface area contributed by atoms with Crippen molar-refractivity contribution in [3.05, 3.63) is 65.5 Å². The van der Waals surface area contributed by atoms with Gasteiger partial charge in [0.15, 0.2) is 0 Å². The maximum Gasteiger partial charge on any atom is 0.309 e. The molecule has 1 heterocycles. The summed E-state index contributed by atoms with van der Waals surface area (Å²) in [7, 11) is 3.50. The molecule has 0 aromatic heterocycles. The number of halogens is 1. The molecular formula is C28H39FN2O4. The van der Waals surface area contributed by atoms with E-state index in [0.717, 1.165) is 62.1 Å². The molecule has 7 heteroatoms. The number of ether oxygens (including phenoxy) is 1. The van der Waals surface area contributed by atoms with Crippen LogP contribution in [0, 0.1) is 11.7 Å². The highest BCUT2D eigenvalue weighted by molar-refractivity contribution is 5.73. The number of nitrogens with zero attached hydrogens (tertiary/aromatic N) is 2. The molecule has 0 spiro atoms. The summed E-state index contributed by atoms with van der Waals surface area (Å²) >= 11 is 0.